The van der Waals surface area contributed by atoms with Gasteiger partial charge in [0.15, 0.2) is 0 Å². The van der Waals surface area contributed by atoms with Crippen LogP contribution in [0.2, 0.25) is 0 Å². The maximum absolute atomic E-state index is 10.6. The molecule has 4 nitrogen and oxygen atoms in total. The maximum atomic E-state index is 10.6. The molecule has 0 radical (unpaired) electrons. The zero-order chi connectivity index (χ0) is 9.10. The van der Waals surface area contributed by atoms with E-state index in [4.69, 9.17) is 0 Å². The van der Waals surface area contributed by atoms with Gasteiger partial charge in [0.05, 0.1) is 5.92 Å². The van der Waals surface area contributed by atoms with Gasteiger partial charge in [0.25, 0.3) is 0 Å². The molecule has 0 aliphatic carbocycles. The summed E-state index contributed by atoms with van der Waals surface area (Å²) >= 11 is 0. The van der Waals surface area contributed by atoms with Crippen LogP contribution in [0.3, 0.4) is 0 Å². The molecule has 2 heterocycles. The van der Waals surface area contributed by atoms with Crippen LogP contribution in [-0.2, 0) is 0 Å². The lowest BCUT2D eigenvalue weighted by atomic mass is 10.0. The third kappa shape index (κ3) is 1.66. The fourth-order valence-electron chi connectivity index (χ4n) is 1.11. The number of carbonyl (C=O) groups is 1. The van der Waals surface area contributed by atoms with E-state index in [0.717, 1.165) is 5.56 Å². The molecule has 0 bridgehead atoms. The molecule has 13 heavy (non-hydrogen) atoms. The summed E-state index contributed by atoms with van der Waals surface area (Å²) < 4.78 is 0. The van der Waals surface area contributed by atoms with Crippen molar-refractivity contribution < 1.29 is 4.79 Å². The van der Waals surface area contributed by atoms with E-state index in [0.29, 0.717) is 0 Å². The third-order valence-electron chi connectivity index (χ3n) is 1.76. The highest BCUT2D eigenvalue weighted by Gasteiger charge is 2.10. The lowest BCUT2D eigenvalue weighted by Gasteiger charge is -2.07. The first-order valence-corrected chi connectivity index (χ1v) is 3.88. The van der Waals surface area contributed by atoms with Gasteiger partial charge in [-0.05, 0) is 11.6 Å². The van der Waals surface area contributed by atoms with E-state index in [9.17, 15) is 4.79 Å². The molecule has 2 amide bonds. The van der Waals surface area contributed by atoms with Gasteiger partial charge >= 0.3 is 6.03 Å². The fraction of sp³-hybridized carbons (Fsp3) is 0.111. The minimum Gasteiger partial charge on any atom is -0.264 e. The lowest BCUT2D eigenvalue weighted by Crippen LogP contribution is -2.08. The number of pyridine rings is 1. The average Bonchev–Trinajstić information content (AvgIpc) is 2.20. The van der Waals surface area contributed by atoms with Crippen molar-refractivity contribution >= 4 is 18.5 Å². The van der Waals surface area contributed by atoms with E-state index >= 15 is 0 Å². The molecule has 1 aliphatic rings. The minimum absolute atomic E-state index is 0.0219. The summed E-state index contributed by atoms with van der Waals surface area (Å²) in [6.45, 7) is 0. The van der Waals surface area contributed by atoms with Gasteiger partial charge in [-0.3, -0.25) is 4.98 Å². The normalized spacial score (nSPS) is 16.5. The largest absolute Gasteiger partial charge is 0.366 e. The van der Waals surface area contributed by atoms with Crippen molar-refractivity contribution in [2.45, 2.75) is 5.92 Å². The number of nitrogens with zero attached hydrogens (tertiary/aromatic N) is 3. The fourth-order valence-corrected chi connectivity index (χ4v) is 1.11. The molecular formula is C9H7N3O. The van der Waals surface area contributed by atoms with Crippen LogP contribution < -0.4 is 0 Å². The van der Waals surface area contributed by atoms with Gasteiger partial charge in [0, 0.05) is 24.8 Å². The number of hydrogen-bond donors (Lipinski definition) is 0. The van der Waals surface area contributed by atoms with Crippen LogP contribution in [0.5, 0.6) is 0 Å². The first-order valence-electron chi connectivity index (χ1n) is 3.88. The topological polar surface area (TPSA) is 54.7 Å². The zero-order valence-corrected chi connectivity index (χ0v) is 6.79. The van der Waals surface area contributed by atoms with Gasteiger partial charge in [-0.1, -0.05) is 6.07 Å². The Morgan fingerprint density at radius 1 is 1.23 bits per heavy atom. The highest BCUT2D eigenvalue weighted by molar-refractivity contribution is 6.03. The summed E-state index contributed by atoms with van der Waals surface area (Å²) in [5.74, 6) is -0.0219. The molecule has 1 aromatic rings. The Bertz CT molecular complexity index is 354. The Labute approximate surface area is 75.1 Å². The van der Waals surface area contributed by atoms with Crippen molar-refractivity contribution in [3.8, 4) is 0 Å². The van der Waals surface area contributed by atoms with Crippen LogP contribution in [0.4, 0.5) is 4.79 Å². The number of aromatic nitrogens is 1. The van der Waals surface area contributed by atoms with Crippen LogP contribution >= 0.6 is 0 Å². The second-order valence-corrected chi connectivity index (χ2v) is 2.65. The van der Waals surface area contributed by atoms with Gasteiger partial charge in [0.1, 0.15) is 0 Å². The first-order chi connectivity index (χ1) is 6.36. The summed E-state index contributed by atoms with van der Waals surface area (Å²) in [6.07, 6.45) is 6.59. The van der Waals surface area contributed by atoms with Crippen LogP contribution in [0.15, 0.2) is 34.5 Å². The van der Waals surface area contributed by atoms with E-state index in [-0.39, 0.29) is 5.92 Å². The second kappa shape index (κ2) is 3.26. The predicted octanol–water partition coefficient (Wildman–Crippen LogP) is 1.44. The van der Waals surface area contributed by atoms with Crippen LogP contribution in [0.25, 0.3) is 0 Å². The van der Waals surface area contributed by atoms with Gasteiger partial charge in [-0.2, -0.15) is 0 Å². The highest BCUT2D eigenvalue weighted by atomic mass is 16.2. The summed E-state index contributed by atoms with van der Waals surface area (Å²) in [4.78, 5) is 21.8. The van der Waals surface area contributed by atoms with Crippen LogP contribution in [0, 0.1) is 0 Å². The molecule has 0 N–H and O–H groups in total. The summed E-state index contributed by atoms with van der Waals surface area (Å²) in [5.41, 5.74) is 0.988. The van der Waals surface area contributed by atoms with Crippen molar-refractivity contribution in [3.63, 3.8) is 0 Å². The molecule has 64 valence electrons. The molecule has 0 spiro atoms. The standard InChI is InChI=1S/C9H7N3O/c13-9-11-5-8(6-12-9)7-2-1-3-10-4-7/h1-6,8H. The van der Waals surface area contributed by atoms with Gasteiger partial charge in [-0.15, -0.1) is 0 Å². The number of hydrogen-bond acceptors (Lipinski definition) is 2. The van der Waals surface area contributed by atoms with E-state index in [1.807, 2.05) is 12.1 Å². The summed E-state index contributed by atoms with van der Waals surface area (Å²) in [5, 5.41) is 0. The second-order valence-electron chi connectivity index (χ2n) is 2.65. The molecule has 2 rings (SSSR count). The van der Waals surface area contributed by atoms with E-state index in [2.05, 4.69) is 15.0 Å². The highest BCUT2D eigenvalue weighted by Crippen LogP contribution is 2.12. The maximum Gasteiger partial charge on any atom is 0.366 e. The summed E-state index contributed by atoms with van der Waals surface area (Å²) in [7, 11) is 0. The van der Waals surface area contributed by atoms with Gasteiger partial charge in [-0.25, -0.2) is 14.8 Å². The molecule has 1 aromatic heterocycles. The summed E-state index contributed by atoms with van der Waals surface area (Å²) in [6, 6.07) is 3.32. The minimum atomic E-state index is -0.444. The number of carbonyl (C=O) groups excluding carboxylic acids is 1. The molecule has 0 aromatic carbocycles. The van der Waals surface area contributed by atoms with E-state index in [1.54, 1.807) is 24.8 Å². The molecule has 0 saturated heterocycles. The molecule has 0 saturated carbocycles. The zero-order valence-electron chi connectivity index (χ0n) is 6.79. The Balaban J connectivity index is 2.25. The SMILES string of the molecule is O=C1N=CC(c2cccnc2)C=N1. The molecule has 1 aliphatic heterocycles. The Morgan fingerprint density at radius 3 is 2.62 bits per heavy atom. The number of urea groups is 1. The van der Waals surface area contributed by atoms with Crippen LogP contribution in [-0.4, -0.2) is 23.4 Å². The molecule has 0 fully saturated rings. The van der Waals surface area contributed by atoms with Gasteiger partial charge in [0.2, 0.25) is 0 Å². The quantitative estimate of drug-likeness (QED) is 0.645. The Kier molecular flexibility index (Phi) is 1.96. The van der Waals surface area contributed by atoms with E-state index < -0.39 is 6.03 Å². The van der Waals surface area contributed by atoms with Crippen molar-refractivity contribution in [1.29, 1.82) is 0 Å². The Hall–Kier alpha value is -1.84. The number of aliphatic imine (C=N–C) groups is 2. The van der Waals surface area contributed by atoms with E-state index in [1.165, 1.54) is 0 Å². The van der Waals surface area contributed by atoms with Crippen molar-refractivity contribution in [2.75, 3.05) is 0 Å². The Morgan fingerprint density at radius 2 is 2.00 bits per heavy atom. The number of amides is 2. The van der Waals surface area contributed by atoms with Crippen molar-refractivity contribution in [3.05, 3.63) is 30.1 Å². The molecule has 0 atom stereocenters. The van der Waals surface area contributed by atoms with Gasteiger partial charge < -0.3 is 0 Å². The smallest absolute Gasteiger partial charge is 0.264 e. The lowest BCUT2D eigenvalue weighted by molar-refractivity contribution is 0.257. The van der Waals surface area contributed by atoms with Crippen molar-refractivity contribution in [2.24, 2.45) is 9.98 Å². The molecule has 4 heteroatoms. The average molecular weight is 173 g/mol. The third-order valence-corrected chi connectivity index (χ3v) is 1.76. The number of rotatable bonds is 1. The molecular weight excluding hydrogens is 166 g/mol. The first kappa shape index (κ1) is 7.79. The van der Waals surface area contributed by atoms with Crippen LogP contribution in [0.1, 0.15) is 11.5 Å². The molecule has 0 unspecified atom stereocenters. The van der Waals surface area contributed by atoms with Crippen molar-refractivity contribution in [1.82, 2.24) is 4.98 Å². The predicted molar refractivity (Wildman–Crippen MR) is 49.4 cm³/mol. The monoisotopic (exact) mass is 173 g/mol.